The zero-order chi connectivity index (χ0) is 19.5. The molecule has 0 radical (unpaired) electrons. The van der Waals surface area contributed by atoms with Crippen LogP contribution in [0.1, 0.15) is 13.8 Å². The standard InChI is InChI=1S/C19H22N4O3S/c1-12-13(2)23(16-8-6-5-7-15(16)20-12)27(25,26)14-9-10-17-18(11-14)22(4)19(24)21(17)3/h5-13,20H,1-4H3/t12-,13+/m0/s1. The summed E-state index contributed by atoms with van der Waals surface area (Å²) in [6.07, 6.45) is 0. The third-order valence-corrected chi connectivity index (χ3v) is 7.32. The van der Waals surface area contributed by atoms with E-state index in [2.05, 4.69) is 5.32 Å². The smallest absolute Gasteiger partial charge is 0.328 e. The maximum atomic E-state index is 13.6. The summed E-state index contributed by atoms with van der Waals surface area (Å²) in [5.74, 6) is 0. The number of anilines is 2. The van der Waals surface area contributed by atoms with E-state index >= 15 is 0 Å². The van der Waals surface area contributed by atoms with Crippen LogP contribution in [-0.2, 0) is 24.1 Å². The lowest BCUT2D eigenvalue weighted by Gasteiger charge is -2.40. The van der Waals surface area contributed by atoms with E-state index in [0.29, 0.717) is 16.7 Å². The van der Waals surface area contributed by atoms with Crippen LogP contribution in [0.2, 0.25) is 0 Å². The Morgan fingerprint density at radius 2 is 1.63 bits per heavy atom. The summed E-state index contributed by atoms with van der Waals surface area (Å²) in [7, 11) is -0.480. The molecule has 1 aliphatic rings. The Morgan fingerprint density at radius 3 is 2.37 bits per heavy atom. The number of hydrogen-bond donors (Lipinski definition) is 1. The van der Waals surface area contributed by atoms with Crippen molar-refractivity contribution in [3.05, 3.63) is 52.9 Å². The van der Waals surface area contributed by atoms with Gasteiger partial charge < -0.3 is 5.32 Å². The van der Waals surface area contributed by atoms with Gasteiger partial charge in [-0.15, -0.1) is 0 Å². The summed E-state index contributed by atoms with van der Waals surface area (Å²) in [5.41, 5.74) is 2.52. The van der Waals surface area contributed by atoms with Crippen molar-refractivity contribution in [2.45, 2.75) is 30.8 Å². The van der Waals surface area contributed by atoms with Gasteiger partial charge in [0.05, 0.1) is 33.3 Å². The summed E-state index contributed by atoms with van der Waals surface area (Å²) in [6.45, 7) is 3.86. The van der Waals surface area contributed by atoms with Gasteiger partial charge in [0.25, 0.3) is 10.0 Å². The quantitative estimate of drug-likeness (QED) is 0.733. The first kappa shape index (κ1) is 17.7. The lowest BCUT2D eigenvalue weighted by atomic mass is 10.1. The van der Waals surface area contributed by atoms with Crippen molar-refractivity contribution in [1.29, 1.82) is 0 Å². The van der Waals surface area contributed by atoms with E-state index in [1.165, 1.54) is 13.4 Å². The topological polar surface area (TPSA) is 76.3 Å². The van der Waals surface area contributed by atoms with E-state index in [1.54, 1.807) is 38.4 Å². The number of para-hydroxylation sites is 2. The summed E-state index contributed by atoms with van der Waals surface area (Å²) in [5, 5.41) is 3.36. The van der Waals surface area contributed by atoms with Crippen molar-refractivity contribution in [2.24, 2.45) is 14.1 Å². The molecule has 0 fully saturated rings. The van der Waals surface area contributed by atoms with Crippen LogP contribution in [0, 0.1) is 0 Å². The Hall–Kier alpha value is -2.74. The molecule has 1 aromatic heterocycles. The number of hydrogen-bond acceptors (Lipinski definition) is 4. The van der Waals surface area contributed by atoms with E-state index in [1.807, 2.05) is 32.0 Å². The van der Waals surface area contributed by atoms with Crippen LogP contribution < -0.4 is 15.3 Å². The van der Waals surface area contributed by atoms with E-state index in [-0.39, 0.29) is 22.7 Å². The molecule has 142 valence electrons. The fourth-order valence-electron chi connectivity index (χ4n) is 3.69. The van der Waals surface area contributed by atoms with Crippen LogP contribution in [-0.4, -0.2) is 29.6 Å². The van der Waals surface area contributed by atoms with Crippen LogP contribution in [0.3, 0.4) is 0 Å². The Kier molecular flexibility index (Phi) is 3.85. The predicted molar refractivity (Wildman–Crippen MR) is 107 cm³/mol. The molecule has 0 aliphatic carbocycles. The Bertz CT molecular complexity index is 1210. The molecule has 0 unspecified atom stereocenters. The molecule has 8 heteroatoms. The van der Waals surface area contributed by atoms with Gasteiger partial charge in [-0.3, -0.25) is 13.4 Å². The zero-order valence-electron chi connectivity index (χ0n) is 15.7. The first-order chi connectivity index (χ1) is 12.7. The van der Waals surface area contributed by atoms with Gasteiger partial charge in [-0.25, -0.2) is 13.2 Å². The predicted octanol–water partition coefficient (Wildman–Crippen LogP) is 2.27. The van der Waals surface area contributed by atoms with Gasteiger partial charge in [-0.1, -0.05) is 12.1 Å². The first-order valence-corrected chi connectivity index (χ1v) is 10.2. The number of nitrogens with one attached hydrogen (secondary N) is 1. The number of nitrogens with zero attached hydrogens (tertiary/aromatic N) is 3. The van der Waals surface area contributed by atoms with Crippen LogP contribution in [0.4, 0.5) is 11.4 Å². The van der Waals surface area contributed by atoms with Gasteiger partial charge in [-0.05, 0) is 44.2 Å². The van der Waals surface area contributed by atoms with Gasteiger partial charge in [0.2, 0.25) is 0 Å². The average molecular weight is 386 g/mol. The highest BCUT2D eigenvalue weighted by Crippen LogP contribution is 2.38. The van der Waals surface area contributed by atoms with Crippen LogP contribution in [0.15, 0.2) is 52.2 Å². The Balaban J connectivity index is 1.92. The van der Waals surface area contributed by atoms with Gasteiger partial charge in [0, 0.05) is 20.1 Å². The number of benzene rings is 2. The molecule has 3 aromatic rings. The zero-order valence-corrected chi connectivity index (χ0v) is 16.5. The van der Waals surface area contributed by atoms with Gasteiger partial charge in [-0.2, -0.15) is 0 Å². The third-order valence-electron chi connectivity index (χ3n) is 5.42. The van der Waals surface area contributed by atoms with Crippen molar-refractivity contribution in [2.75, 3.05) is 9.62 Å². The minimum absolute atomic E-state index is 0.0421. The van der Waals surface area contributed by atoms with Crippen molar-refractivity contribution in [1.82, 2.24) is 9.13 Å². The molecule has 1 N–H and O–H groups in total. The molecule has 27 heavy (non-hydrogen) atoms. The average Bonchev–Trinajstić information content (AvgIpc) is 2.86. The van der Waals surface area contributed by atoms with E-state index < -0.39 is 10.0 Å². The molecule has 2 aromatic carbocycles. The highest BCUT2D eigenvalue weighted by atomic mass is 32.2. The van der Waals surface area contributed by atoms with Crippen molar-refractivity contribution < 1.29 is 8.42 Å². The summed E-state index contributed by atoms with van der Waals surface area (Å²) < 4.78 is 31.6. The number of aromatic nitrogens is 2. The lowest BCUT2D eigenvalue weighted by Crippen LogP contribution is -2.50. The molecule has 0 saturated carbocycles. The normalized spacial score (nSPS) is 19.8. The second-order valence-electron chi connectivity index (χ2n) is 7.04. The Labute approximate surface area is 157 Å². The van der Waals surface area contributed by atoms with Crippen molar-refractivity contribution in [3.8, 4) is 0 Å². The summed E-state index contributed by atoms with van der Waals surface area (Å²) >= 11 is 0. The summed E-state index contributed by atoms with van der Waals surface area (Å²) in [4.78, 5) is 12.3. The van der Waals surface area contributed by atoms with Gasteiger partial charge >= 0.3 is 5.69 Å². The van der Waals surface area contributed by atoms with Gasteiger partial charge in [0.15, 0.2) is 0 Å². The molecule has 2 heterocycles. The highest BCUT2D eigenvalue weighted by molar-refractivity contribution is 7.92. The van der Waals surface area contributed by atoms with Gasteiger partial charge in [0.1, 0.15) is 0 Å². The number of imidazole rings is 1. The largest absolute Gasteiger partial charge is 0.379 e. The second-order valence-corrected chi connectivity index (χ2v) is 8.86. The molecule has 1 aliphatic heterocycles. The number of aryl methyl sites for hydroxylation is 2. The van der Waals surface area contributed by atoms with E-state index in [9.17, 15) is 13.2 Å². The Morgan fingerprint density at radius 1 is 0.963 bits per heavy atom. The molecule has 0 bridgehead atoms. The molecular formula is C19H22N4O3S. The molecule has 0 amide bonds. The fourth-order valence-corrected chi connectivity index (χ4v) is 5.45. The molecule has 0 saturated heterocycles. The van der Waals surface area contributed by atoms with Crippen LogP contribution in [0.5, 0.6) is 0 Å². The minimum atomic E-state index is -3.80. The van der Waals surface area contributed by atoms with E-state index in [4.69, 9.17) is 0 Å². The maximum Gasteiger partial charge on any atom is 0.328 e. The first-order valence-electron chi connectivity index (χ1n) is 8.79. The van der Waals surface area contributed by atoms with Crippen LogP contribution in [0.25, 0.3) is 11.0 Å². The molecular weight excluding hydrogens is 364 g/mol. The fraction of sp³-hybridized carbons (Fsp3) is 0.316. The minimum Gasteiger partial charge on any atom is -0.379 e. The number of sulfonamides is 1. The molecule has 2 atom stereocenters. The third kappa shape index (κ3) is 2.47. The SMILES string of the molecule is C[C@@H]1Nc2ccccc2N(S(=O)(=O)c2ccc3c(c2)n(C)c(=O)n3C)[C@@H]1C. The molecule has 0 spiro atoms. The highest BCUT2D eigenvalue weighted by Gasteiger charge is 2.37. The summed E-state index contributed by atoms with van der Waals surface area (Å²) in [6, 6.07) is 11.9. The monoisotopic (exact) mass is 386 g/mol. The molecule has 4 rings (SSSR count). The maximum absolute atomic E-state index is 13.6. The number of rotatable bonds is 2. The van der Waals surface area contributed by atoms with Crippen LogP contribution >= 0.6 is 0 Å². The van der Waals surface area contributed by atoms with E-state index in [0.717, 1.165) is 5.69 Å². The number of fused-ring (bicyclic) bond motifs is 2. The molecule has 7 nitrogen and oxygen atoms in total. The second kappa shape index (κ2) is 5.88. The van der Waals surface area contributed by atoms with Crippen molar-refractivity contribution in [3.63, 3.8) is 0 Å². The lowest BCUT2D eigenvalue weighted by molar-refractivity contribution is 0.559. The van der Waals surface area contributed by atoms with Crippen molar-refractivity contribution >= 4 is 32.4 Å².